The fourth-order valence-electron chi connectivity index (χ4n) is 2.15. The Morgan fingerprint density at radius 1 is 1.59 bits per heavy atom. The summed E-state index contributed by atoms with van der Waals surface area (Å²) >= 11 is 0. The van der Waals surface area contributed by atoms with E-state index in [0.717, 1.165) is 30.0 Å². The maximum Gasteiger partial charge on any atom is 0.224 e. The SMILES string of the molecule is Cc1noc(C)c1CC(=O)NCC1CCCN1. The van der Waals surface area contributed by atoms with Crippen molar-refractivity contribution in [1.82, 2.24) is 15.8 Å². The molecule has 1 aromatic heterocycles. The van der Waals surface area contributed by atoms with Crippen molar-refractivity contribution in [3.63, 3.8) is 0 Å². The second-order valence-corrected chi connectivity index (χ2v) is 4.58. The minimum Gasteiger partial charge on any atom is -0.361 e. The zero-order chi connectivity index (χ0) is 12.3. The minimum atomic E-state index is 0.0353. The average Bonchev–Trinajstić information content (AvgIpc) is 2.91. The van der Waals surface area contributed by atoms with Gasteiger partial charge in [0.2, 0.25) is 5.91 Å². The lowest BCUT2D eigenvalue weighted by Crippen LogP contribution is -2.37. The Hall–Kier alpha value is -1.36. The van der Waals surface area contributed by atoms with Gasteiger partial charge in [-0.25, -0.2) is 0 Å². The second-order valence-electron chi connectivity index (χ2n) is 4.58. The fraction of sp³-hybridized carbons (Fsp3) is 0.667. The van der Waals surface area contributed by atoms with E-state index in [4.69, 9.17) is 4.52 Å². The Balaban J connectivity index is 1.80. The van der Waals surface area contributed by atoms with Crippen LogP contribution in [0.2, 0.25) is 0 Å². The molecule has 5 nitrogen and oxygen atoms in total. The Labute approximate surface area is 101 Å². The number of amides is 1. The van der Waals surface area contributed by atoms with E-state index in [-0.39, 0.29) is 5.91 Å². The summed E-state index contributed by atoms with van der Waals surface area (Å²) in [5.41, 5.74) is 1.71. The average molecular weight is 237 g/mol. The molecule has 1 aliphatic heterocycles. The third-order valence-corrected chi connectivity index (χ3v) is 3.23. The molecule has 2 heterocycles. The predicted molar refractivity (Wildman–Crippen MR) is 63.7 cm³/mol. The van der Waals surface area contributed by atoms with Gasteiger partial charge in [-0.1, -0.05) is 5.16 Å². The molecular weight excluding hydrogens is 218 g/mol. The van der Waals surface area contributed by atoms with Gasteiger partial charge in [-0.3, -0.25) is 4.79 Å². The summed E-state index contributed by atoms with van der Waals surface area (Å²) in [4.78, 5) is 11.8. The van der Waals surface area contributed by atoms with Crippen LogP contribution in [0.5, 0.6) is 0 Å². The number of carbonyl (C=O) groups is 1. The zero-order valence-electron chi connectivity index (χ0n) is 10.4. The van der Waals surface area contributed by atoms with Crippen LogP contribution in [0.4, 0.5) is 0 Å². The van der Waals surface area contributed by atoms with E-state index >= 15 is 0 Å². The number of hydrogen-bond donors (Lipinski definition) is 2. The van der Waals surface area contributed by atoms with Gasteiger partial charge in [-0.2, -0.15) is 0 Å². The van der Waals surface area contributed by atoms with Crippen LogP contribution in [0.3, 0.4) is 0 Å². The molecule has 1 aromatic rings. The van der Waals surface area contributed by atoms with Crippen LogP contribution in [-0.4, -0.2) is 30.2 Å². The highest BCUT2D eigenvalue weighted by molar-refractivity contribution is 5.79. The maximum atomic E-state index is 11.8. The monoisotopic (exact) mass is 237 g/mol. The predicted octanol–water partition coefficient (Wildman–Crippen LogP) is 0.702. The van der Waals surface area contributed by atoms with Gasteiger partial charge in [0.15, 0.2) is 0 Å². The Bertz CT molecular complexity index is 375. The first-order valence-electron chi connectivity index (χ1n) is 6.08. The summed E-state index contributed by atoms with van der Waals surface area (Å²) in [6.07, 6.45) is 2.70. The highest BCUT2D eigenvalue weighted by Gasteiger charge is 2.16. The highest BCUT2D eigenvalue weighted by atomic mass is 16.5. The van der Waals surface area contributed by atoms with E-state index in [9.17, 15) is 4.79 Å². The van der Waals surface area contributed by atoms with Gasteiger partial charge in [0.05, 0.1) is 12.1 Å². The van der Waals surface area contributed by atoms with Gasteiger partial charge in [0, 0.05) is 18.2 Å². The number of rotatable bonds is 4. The Kier molecular flexibility index (Phi) is 3.78. The van der Waals surface area contributed by atoms with Gasteiger partial charge in [-0.05, 0) is 33.2 Å². The number of aryl methyl sites for hydroxylation is 2. The van der Waals surface area contributed by atoms with E-state index < -0.39 is 0 Å². The molecule has 1 amide bonds. The smallest absolute Gasteiger partial charge is 0.224 e. The first kappa shape index (κ1) is 12.1. The summed E-state index contributed by atoms with van der Waals surface area (Å²) in [6, 6.07) is 0.434. The summed E-state index contributed by atoms with van der Waals surface area (Å²) in [6.45, 7) is 5.46. The molecule has 1 aliphatic rings. The van der Waals surface area contributed by atoms with Crippen molar-refractivity contribution in [2.24, 2.45) is 0 Å². The van der Waals surface area contributed by atoms with E-state index in [1.807, 2.05) is 13.8 Å². The molecule has 0 saturated carbocycles. The van der Waals surface area contributed by atoms with Gasteiger partial charge in [0.1, 0.15) is 5.76 Å². The van der Waals surface area contributed by atoms with Crippen LogP contribution in [0, 0.1) is 13.8 Å². The molecule has 17 heavy (non-hydrogen) atoms. The van der Waals surface area contributed by atoms with Crippen LogP contribution < -0.4 is 10.6 Å². The summed E-state index contributed by atoms with van der Waals surface area (Å²) < 4.78 is 5.03. The van der Waals surface area contributed by atoms with Crippen molar-refractivity contribution in [2.45, 2.75) is 39.2 Å². The van der Waals surface area contributed by atoms with Gasteiger partial charge >= 0.3 is 0 Å². The fourth-order valence-corrected chi connectivity index (χ4v) is 2.15. The van der Waals surface area contributed by atoms with Gasteiger partial charge in [-0.15, -0.1) is 0 Å². The lowest BCUT2D eigenvalue weighted by molar-refractivity contribution is -0.120. The van der Waals surface area contributed by atoms with Gasteiger partial charge in [0.25, 0.3) is 0 Å². The topological polar surface area (TPSA) is 67.2 Å². The molecule has 0 aromatic carbocycles. The van der Waals surface area contributed by atoms with Crippen LogP contribution in [-0.2, 0) is 11.2 Å². The molecule has 1 unspecified atom stereocenters. The molecule has 5 heteroatoms. The van der Waals surface area contributed by atoms with E-state index in [2.05, 4.69) is 15.8 Å². The normalized spacial score (nSPS) is 19.5. The Morgan fingerprint density at radius 2 is 2.41 bits per heavy atom. The molecule has 1 fully saturated rings. The van der Waals surface area contributed by atoms with Crippen molar-refractivity contribution < 1.29 is 9.32 Å². The third kappa shape index (κ3) is 3.06. The third-order valence-electron chi connectivity index (χ3n) is 3.23. The molecule has 0 radical (unpaired) electrons. The van der Waals surface area contributed by atoms with Crippen LogP contribution in [0.25, 0.3) is 0 Å². The van der Waals surface area contributed by atoms with Crippen molar-refractivity contribution in [2.75, 3.05) is 13.1 Å². The number of carbonyl (C=O) groups excluding carboxylic acids is 1. The number of hydrogen-bond acceptors (Lipinski definition) is 4. The first-order valence-corrected chi connectivity index (χ1v) is 6.08. The molecule has 94 valence electrons. The Morgan fingerprint density at radius 3 is 3.00 bits per heavy atom. The summed E-state index contributed by atoms with van der Waals surface area (Å²) in [5, 5.41) is 10.1. The lowest BCUT2D eigenvalue weighted by atomic mass is 10.1. The molecule has 1 saturated heterocycles. The molecule has 0 spiro atoms. The van der Waals surface area contributed by atoms with Crippen LogP contribution >= 0.6 is 0 Å². The van der Waals surface area contributed by atoms with E-state index in [1.165, 1.54) is 6.42 Å². The second kappa shape index (κ2) is 5.31. The van der Waals surface area contributed by atoms with Crippen molar-refractivity contribution in [3.8, 4) is 0 Å². The molecular formula is C12H19N3O2. The quantitative estimate of drug-likeness (QED) is 0.809. The first-order chi connectivity index (χ1) is 8.16. The van der Waals surface area contributed by atoms with E-state index in [1.54, 1.807) is 0 Å². The molecule has 0 aliphatic carbocycles. The van der Waals surface area contributed by atoms with Crippen LogP contribution in [0.15, 0.2) is 4.52 Å². The lowest BCUT2D eigenvalue weighted by Gasteiger charge is -2.11. The van der Waals surface area contributed by atoms with Crippen molar-refractivity contribution in [1.29, 1.82) is 0 Å². The molecule has 2 N–H and O–H groups in total. The number of aromatic nitrogens is 1. The maximum absolute atomic E-state index is 11.8. The molecule has 2 rings (SSSR count). The van der Waals surface area contributed by atoms with Crippen LogP contribution in [0.1, 0.15) is 29.9 Å². The van der Waals surface area contributed by atoms with Crippen molar-refractivity contribution in [3.05, 3.63) is 17.0 Å². The summed E-state index contributed by atoms with van der Waals surface area (Å²) in [5.74, 6) is 0.768. The zero-order valence-corrected chi connectivity index (χ0v) is 10.4. The largest absolute Gasteiger partial charge is 0.361 e. The molecule has 0 bridgehead atoms. The number of nitrogens with zero attached hydrogens (tertiary/aromatic N) is 1. The van der Waals surface area contributed by atoms with Crippen molar-refractivity contribution >= 4 is 5.91 Å². The minimum absolute atomic E-state index is 0.0353. The van der Waals surface area contributed by atoms with E-state index in [0.29, 0.717) is 19.0 Å². The molecule has 1 atom stereocenters. The highest BCUT2D eigenvalue weighted by Crippen LogP contribution is 2.12. The van der Waals surface area contributed by atoms with Gasteiger partial charge < -0.3 is 15.2 Å². The standard InChI is InChI=1S/C12H19N3O2/c1-8-11(9(2)17-15-8)6-12(16)14-7-10-4-3-5-13-10/h10,13H,3-7H2,1-2H3,(H,14,16). The number of nitrogens with one attached hydrogen (secondary N) is 2. The summed E-state index contributed by atoms with van der Waals surface area (Å²) in [7, 11) is 0.